The molecule has 0 rings (SSSR count). The Morgan fingerprint density at radius 2 is 2.07 bits per heavy atom. The number of hydrogen-bond acceptors (Lipinski definition) is 5. The SMILES string of the molecule is COC(CCO)C(O)[C@H](O)/C=C/C(=O)O. The van der Waals surface area contributed by atoms with Crippen molar-refractivity contribution in [2.75, 3.05) is 13.7 Å². The normalized spacial score (nSPS) is 17.6. The first-order valence-electron chi connectivity index (χ1n) is 4.43. The predicted octanol–water partition coefficient (Wildman–Crippen LogP) is -1.25. The van der Waals surface area contributed by atoms with Gasteiger partial charge in [0.2, 0.25) is 0 Å². The van der Waals surface area contributed by atoms with Crippen LogP contribution in [-0.2, 0) is 9.53 Å². The van der Waals surface area contributed by atoms with Crippen LogP contribution in [0.2, 0.25) is 0 Å². The van der Waals surface area contributed by atoms with E-state index in [1.165, 1.54) is 7.11 Å². The van der Waals surface area contributed by atoms with E-state index in [2.05, 4.69) is 0 Å². The van der Waals surface area contributed by atoms with Crippen molar-refractivity contribution in [1.29, 1.82) is 0 Å². The molecule has 0 heterocycles. The third-order valence-corrected chi connectivity index (χ3v) is 1.88. The van der Waals surface area contributed by atoms with Crippen molar-refractivity contribution in [3.63, 3.8) is 0 Å². The Labute approximate surface area is 87.4 Å². The second kappa shape index (κ2) is 7.36. The quantitative estimate of drug-likeness (QED) is 0.399. The lowest BCUT2D eigenvalue weighted by molar-refractivity contribution is -0.131. The van der Waals surface area contributed by atoms with Crippen molar-refractivity contribution < 1.29 is 30.0 Å². The maximum absolute atomic E-state index is 10.1. The highest BCUT2D eigenvalue weighted by molar-refractivity contribution is 5.79. The zero-order valence-electron chi connectivity index (χ0n) is 8.41. The van der Waals surface area contributed by atoms with Crippen molar-refractivity contribution >= 4 is 5.97 Å². The van der Waals surface area contributed by atoms with Crippen LogP contribution in [-0.4, -0.2) is 58.4 Å². The fourth-order valence-electron chi connectivity index (χ4n) is 1.07. The van der Waals surface area contributed by atoms with Crippen LogP contribution in [0.4, 0.5) is 0 Å². The molecule has 0 aromatic heterocycles. The van der Waals surface area contributed by atoms with Gasteiger partial charge in [-0.2, -0.15) is 0 Å². The smallest absolute Gasteiger partial charge is 0.328 e. The maximum atomic E-state index is 10.1. The van der Waals surface area contributed by atoms with Crippen molar-refractivity contribution in [3.8, 4) is 0 Å². The Morgan fingerprint density at radius 3 is 2.47 bits per heavy atom. The van der Waals surface area contributed by atoms with Gasteiger partial charge in [0.25, 0.3) is 0 Å². The lowest BCUT2D eigenvalue weighted by Crippen LogP contribution is -2.38. The van der Waals surface area contributed by atoms with Crippen LogP contribution < -0.4 is 0 Å². The zero-order chi connectivity index (χ0) is 11.8. The van der Waals surface area contributed by atoms with Crippen LogP contribution in [0.25, 0.3) is 0 Å². The summed E-state index contributed by atoms with van der Waals surface area (Å²) in [5, 5.41) is 35.7. The van der Waals surface area contributed by atoms with Crippen LogP contribution in [0.3, 0.4) is 0 Å². The van der Waals surface area contributed by atoms with Gasteiger partial charge in [-0.3, -0.25) is 0 Å². The van der Waals surface area contributed by atoms with Gasteiger partial charge in [0.1, 0.15) is 12.2 Å². The van der Waals surface area contributed by atoms with Crippen LogP contribution >= 0.6 is 0 Å². The minimum atomic E-state index is -1.34. The van der Waals surface area contributed by atoms with Crippen LogP contribution in [0.5, 0.6) is 0 Å². The molecule has 0 aromatic rings. The number of carboxylic acid groups (broad SMARTS) is 1. The molecule has 15 heavy (non-hydrogen) atoms. The Bertz CT molecular complexity index is 215. The first-order valence-corrected chi connectivity index (χ1v) is 4.43. The molecule has 4 N–H and O–H groups in total. The Balaban J connectivity index is 4.26. The number of aliphatic carboxylic acids is 1. The molecule has 0 saturated heterocycles. The first kappa shape index (κ1) is 14.1. The number of rotatable bonds is 7. The second-order valence-corrected chi connectivity index (χ2v) is 2.96. The molecule has 2 unspecified atom stereocenters. The van der Waals surface area contributed by atoms with Gasteiger partial charge in [0.15, 0.2) is 0 Å². The summed E-state index contributed by atoms with van der Waals surface area (Å²) < 4.78 is 4.83. The molecule has 0 radical (unpaired) electrons. The Morgan fingerprint density at radius 1 is 1.47 bits per heavy atom. The van der Waals surface area contributed by atoms with Gasteiger partial charge >= 0.3 is 5.97 Å². The third-order valence-electron chi connectivity index (χ3n) is 1.88. The molecule has 6 nitrogen and oxygen atoms in total. The largest absolute Gasteiger partial charge is 0.478 e. The summed E-state index contributed by atoms with van der Waals surface area (Å²) in [6, 6.07) is 0. The van der Waals surface area contributed by atoms with E-state index in [1.54, 1.807) is 0 Å². The molecule has 88 valence electrons. The van der Waals surface area contributed by atoms with Crippen molar-refractivity contribution in [2.24, 2.45) is 0 Å². The first-order chi connectivity index (χ1) is 7.02. The van der Waals surface area contributed by atoms with E-state index in [0.717, 1.165) is 12.2 Å². The number of hydrogen-bond donors (Lipinski definition) is 4. The van der Waals surface area contributed by atoms with E-state index in [1.807, 2.05) is 0 Å². The molecule has 0 aromatic carbocycles. The van der Waals surface area contributed by atoms with Crippen molar-refractivity contribution in [3.05, 3.63) is 12.2 Å². The molecule has 0 aliphatic heterocycles. The molecule has 0 aliphatic carbocycles. The third kappa shape index (κ3) is 5.48. The molecule has 0 saturated carbocycles. The average molecular weight is 220 g/mol. The van der Waals surface area contributed by atoms with Crippen LogP contribution in [0, 0.1) is 0 Å². The molecular weight excluding hydrogens is 204 g/mol. The van der Waals surface area contributed by atoms with Gasteiger partial charge in [0.05, 0.1) is 6.10 Å². The second-order valence-electron chi connectivity index (χ2n) is 2.96. The minimum absolute atomic E-state index is 0.162. The van der Waals surface area contributed by atoms with E-state index >= 15 is 0 Å². The fraction of sp³-hybridized carbons (Fsp3) is 0.667. The number of ether oxygens (including phenoxy) is 1. The van der Waals surface area contributed by atoms with Crippen LogP contribution in [0.15, 0.2) is 12.2 Å². The summed E-state index contributed by atoms with van der Waals surface area (Å²) in [5.41, 5.74) is 0. The lowest BCUT2D eigenvalue weighted by Gasteiger charge is -2.23. The molecule has 6 heteroatoms. The van der Waals surface area contributed by atoms with Crippen molar-refractivity contribution in [1.82, 2.24) is 0 Å². The van der Waals surface area contributed by atoms with Gasteiger partial charge < -0.3 is 25.2 Å². The van der Waals surface area contributed by atoms with E-state index in [9.17, 15) is 15.0 Å². The standard InChI is InChI=1S/C9H16O6/c1-15-7(4-5-10)9(14)6(11)2-3-8(12)13/h2-3,6-7,9-11,14H,4-5H2,1H3,(H,12,13)/b3-2+/t6-,7?,9?/m1/s1. The number of carboxylic acids is 1. The molecule has 0 aliphatic rings. The molecule has 0 fully saturated rings. The topological polar surface area (TPSA) is 107 Å². The van der Waals surface area contributed by atoms with Gasteiger partial charge in [-0.25, -0.2) is 4.79 Å². The van der Waals surface area contributed by atoms with Crippen molar-refractivity contribution in [2.45, 2.75) is 24.7 Å². The van der Waals surface area contributed by atoms with Gasteiger partial charge in [-0.05, 0) is 12.5 Å². The lowest BCUT2D eigenvalue weighted by atomic mass is 10.1. The highest BCUT2D eigenvalue weighted by atomic mass is 16.5. The minimum Gasteiger partial charge on any atom is -0.478 e. The summed E-state index contributed by atoms with van der Waals surface area (Å²) in [6.45, 7) is -0.190. The number of carbonyl (C=O) groups is 1. The fourth-order valence-corrected chi connectivity index (χ4v) is 1.07. The molecule has 0 bridgehead atoms. The molecular formula is C9H16O6. The summed E-state index contributed by atoms with van der Waals surface area (Å²) in [6.07, 6.45) is -1.48. The number of aliphatic hydroxyl groups is 3. The average Bonchev–Trinajstić information content (AvgIpc) is 2.21. The van der Waals surface area contributed by atoms with E-state index < -0.39 is 24.3 Å². The summed E-state index contributed by atoms with van der Waals surface area (Å²) >= 11 is 0. The molecule has 0 spiro atoms. The van der Waals surface area contributed by atoms with E-state index in [0.29, 0.717) is 0 Å². The summed E-state index contributed by atoms with van der Waals surface area (Å²) in [5.74, 6) is -1.21. The Hall–Kier alpha value is -0.950. The molecule has 3 atom stereocenters. The highest BCUT2D eigenvalue weighted by Gasteiger charge is 2.24. The molecule has 0 amide bonds. The number of methoxy groups -OCH3 is 1. The maximum Gasteiger partial charge on any atom is 0.328 e. The van der Waals surface area contributed by atoms with E-state index in [4.69, 9.17) is 14.9 Å². The van der Waals surface area contributed by atoms with E-state index in [-0.39, 0.29) is 13.0 Å². The zero-order valence-corrected chi connectivity index (χ0v) is 8.41. The monoisotopic (exact) mass is 220 g/mol. The number of aliphatic hydroxyl groups excluding tert-OH is 3. The highest BCUT2D eigenvalue weighted by Crippen LogP contribution is 2.08. The van der Waals surface area contributed by atoms with Crippen LogP contribution in [0.1, 0.15) is 6.42 Å². The van der Waals surface area contributed by atoms with Gasteiger partial charge in [-0.15, -0.1) is 0 Å². The summed E-state index contributed by atoms with van der Waals surface area (Å²) in [4.78, 5) is 10.1. The Kier molecular flexibility index (Phi) is 6.89. The van der Waals surface area contributed by atoms with Gasteiger partial charge in [-0.1, -0.05) is 0 Å². The predicted molar refractivity (Wildman–Crippen MR) is 51.3 cm³/mol. The van der Waals surface area contributed by atoms with Gasteiger partial charge in [0, 0.05) is 19.8 Å². The summed E-state index contributed by atoms with van der Waals surface area (Å²) in [7, 11) is 1.33.